The molecule has 0 saturated carbocycles. The first kappa shape index (κ1) is 13.1. The van der Waals surface area contributed by atoms with Crippen molar-refractivity contribution in [2.24, 2.45) is 0 Å². The molecule has 0 unspecified atom stereocenters. The van der Waals surface area contributed by atoms with E-state index in [1.54, 1.807) is 24.5 Å². The summed E-state index contributed by atoms with van der Waals surface area (Å²) >= 11 is 1.17. The largest absolute Gasteiger partial charge is 0.459 e. The minimum Gasteiger partial charge on any atom is -0.459 e. The number of aromatic nitrogens is 2. The summed E-state index contributed by atoms with van der Waals surface area (Å²) in [7, 11) is 0. The molecule has 0 fully saturated rings. The van der Waals surface area contributed by atoms with E-state index in [-0.39, 0.29) is 17.4 Å². The number of hydrogen-bond donors (Lipinski definition) is 2. The van der Waals surface area contributed by atoms with Crippen LogP contribution >= 0.6 is 11.8 Å². The third kappa shape index (κ3) is 4.11. The van der Waals surface area contributed by atoms with Gasteiger partial charge < -0.3 is 4.42 Å². The molecule has 19 heavy (non-hydrogen) atoms. The second kappa shape index (κ2) is 6.55. The predicted octanol–water partition coefficient (Wildman–Crippen LogP) is 0.623. The lowest BCUT2D eigenvalue weighted by atomic mass is 10.4. The quantitative estimate of drug-likeness (QED) is 0.483. The number of hydrogen-bond acceptors (Lipinski definition) is 6. The summed E-state index contributed by atoms with van der Waals surface area (Å²) in [5.74, 6) is -0.654. The maximum absolute atomic E-state index is 11.5. The summed E-state index contributed by atoms with van der Waals surface area (Å²) in [6, 6.07) is 4.76. The van der Waals surface area contributed by atoms with E-state index in [2.05, 4.69) is 20.8 Å². The van der Waals surface area contributed by atoms with Crippen molar-refractivity contribution in [3.63, 3.8) is 0 Å². The van der Waals surface area contributed by atoms with Gasteiger partial charge in [0, 0.05) is 12.4 Å². The van der Waals surface area contributed by atoms with Gasteiger partial charge in [0.1, 0.15) is 0 Å². The molecule has 0 saturated heterocycles. The van der Waals surface area contributed by atoms with Gasteiger partial charge in [-0.25, -0.2) is 9.97 Å². The Balaban J connectivity index is 1.72. The molecule has 2 aromatic rings. The fourth-order valence-electron chi connectivity index (χ4n) is 1.12. The maximum atomic E-state index is 11.5. The number of thioether (sulfide) groups is 1. The van der Waals surface area contributed by atoms with Crippen molar-refractivity contribution >= 4 is 23.6 Å². The third-order valence-electron chi connectivity index (χ3n) is 1.93. The van der Waals surface area contributed by atoms with E-state index in [4.69, 9.17) is 4.42 Å². The van der Waals surface area contributed by atoms with E-state index in [0.29, 0.717) is 5.16 Å². The van der Waals surface area contributed by atoms with Crippen molar-refractivity contribution in [3.05, 3.63) is 42.6 Å². The van der Waals surface area contributed by atoms with Crippen molar-refractivity contribution in [1.29, 1.82) is 0 Å². The molecule has 0 aliphatic heterocycles. The molecular weight excluding hydrogens is 268 g/mol. The molecule has 0 atom stereocenters. The summed E-state index contributed by atoms with van der Waals surface area (Å²) in [4.78, 5) is 30.8. The second-order valence-corrected chi connectivity index (χ2v) is 4.24. The Labute approximate surface area is 112 Å². The van der Waals surface area contributed by atoms with Crippen LogP contribution in [0.2, 0.25) is 0 Å². The molecule has 2 aromatic heterocycles. The van der Waals surface area contributed by atoms with Crippen molar-refractivity contribution < 1.29 is 14.0 Å². The van der Waals surface area contributed by atoms with Gasteiger partial charge in [-0.05, 0) is 18.2 Å². The van der Waals surface area contributed by atoms with Gasteiger partial charge in [-0.3, -0.25) is 20.4 Å². The van der Waals surface area contributed by atoms with E-state index in [9.17, 15) is 9.59 Å². The van der Waals surface area contributed by atoms with Gasteiger partial charge in [-0.1, -0.05) is 11.8 Å². The zero-order valence-corrected chi connectivity index (χ0v) is 10.5. The lowest BCUT2D eigenvalue weighted by molar-refractivity contribution is -0.119. The van der Waals surface area contributed by atoms with E-state index in [0.717, 1.165) is 0 Å². The van der Waals surface area contributed by atoms with Crippen molar-refractivity contribution in [2.75, 3.05) is 5.75 Å². The first-order chi connectivity index (χ1) is 9.25. The number of furan rings is 1. The minimum absolute atomic E-state index is 0.0997. The number of rotatable bonds is 4. The molecule has 0 radical (unpaired) electrons. The van der Waals surface area contributed by atoms with Gasteiger partial charge in [0.05, 0.1) is 12.0 Å². The molecule has 2 rings (SSSR count). The average Bonchev–Trinajstić information content (AvgIpc) is 2.98. The standard InChI is InChI=1S/C11H10N4O3S/c16-9(7-19-11-12-4-2-5-13-11)14-15-10(17)8-3-1-6-18-8/h1-6H,7H2,(H,14,16)(H,15,17). The lowest BCUT2D eigenvalue weighted by Gasteiger charge is -2.04. The number of hydrazine groups is 1. The normalized spacial score (nSPS) is 9.89. The monoisotopic (exact) mass is 278 g/mol. The zero-order chi connectivity index (χ0) is 13.5. The van der Waals surface area contributed by atoms with Gasteiger partial charge in [0.15, 0.2) is 10.9 Å². The first-order valence-corrected chi connectivity index (χ1v) is 6.27. The summed E-state index contributed by atoms with van der Waals surface area (Å²) in [6.45, 7) is 0. The molecule has 8 heteroatoms. The number of nitrogens with zero attached hydrogens (tertiary/aromatic N) is 2. The highest BCUT2D eigenvalue weighted by Crippen LogP contribution is 2.09. The topological polar surface area (TPSA) is 97.1 Å². The average molecular weight is 278 g/mol. The Bertz CT molecular complexity index is 544. The van der Waals surface area contributed by atoms with Crippen LogP contribution in [0, 0.1) is 0 Å². The van der Waals surface area contributed by atoms with Crippen LogP contribution < -0.4 is 10.9 Å². The number of nitrogens with one attached hydrogen (secondary N) is 2. The van der Waals surface area contributed by atoms with Gasteiger partial charge in [0.2, 0.25) is 5.91 Å². The molecule has 0 aliphatic rings. The molecule has 98 valence electrons. The molecule has 0 aromatic carbocycles. The zero-order valence-electron chi connectivity index (χ0n) is 9.70. The van der Waals surface area contributed by atoms with Crippen LogP contribution in [0.25, 0.3) is 0 Å². The lowest BCUT2D eigenvalue weighted by Crippen LogP contribution is -2.42. The Morgan fingerprint density at radius 3 is 2.68 bits per heavy atom. The van der Waals surface area contributed by atoms with E-state index in [1.807, 2.05) is 0 Å². The second-order valence-electron chi connectivity index (χ2n) is 3.30. The Morgan fingerprint density at radius 1 is 1.21 bits per heavy atom. The maximum Gasteiger partial charge on any atom is 0.305 e. The Hall–Kier alpha value is -2.35. The molecule has 2 amide bonds. The van der Waals surface area contributed by atoms with Crippen LogP contribution in [0.3, 0.4) is 0 Å². The summed E-state index contributed by atoms with van der Waals surface area (Å²) < 4.78 is 4.87. The predicted molar refractivity (Wildman–Crippen MR) is 67.1 cm³/mol. The van der Waals surface area contributed by atoms with Gasteiger partial charge in [-0.15, -0.1) is 0 Å². The van der Waals surface area contributed by atoms with Gasteiger partial charge in [-0.2, -0.15) is 0 Å². The molecule has 2 heterocycles. The molecule has 0 bridgehead atoms. The summed E-state index contributed by atoms with van der Waals surface area (Å²) in [5, 5.41) is 0.495. The van der Waals surface area contributed by atoms with Crippen LogP contribution in [-0.2, 0) is 4.79 Å². The highest BCUT2D eigenvalue weighted by Gasteiger charge is 2.10. The minimum atomic E-state index is -0.515. The molecular formula is C11H10N4O3S. The smallest absolute Gasteiger partial charge is 0.305 e. The number of amides is 2. The highest BCUT2D eigenvalue weighted by atomic mass is 32.2. The van der Waals surface area contributed by atoms with Crippen molar-refractivity contribution in [1.82, 2.24) is 20.8 Å². The first-order valence-electron chi connectivity index (χ1n) is 5.28. The summed E-state index contributed by atoms with van der Waals surface area (Å²) in [5.41, 5.74) is 4.50. The van der Waals surface area contributed by atoms with Crippen LogP contribution in [0.4, 0.5) is 0 Å². The van der Waals surface area contributed by atoms with E-state index < -0.39 is 5.91 Å². The van der Waals surface area contributed by atoms with Gasteiger partial charge >= 0.3 is 5.91 Å². The van der Waals surface area contributed by atoms with E-state index in [1.165, 1.54) is 24.1 Å². The fourth-order valence-corrected chi connectivity index (χ4v) is 1.73. The van der Waals surface area contributed by atoms with Crippen LogP contribution in [-0.4, -0.2) is 27.5 Å². The third-order valence-corrected chi connectivity index (χ3v) is 2.81. The van der Waals surface area contributed by atoms with Crippen molar-refractivity contribution in [3.8, 4) is 0 Å². The Morgan fingerprint density at radius 2 is 2.00 bits per heavy atom. The summed E-state index contributed by atoms with van der Waals surface area (Å²) in [6.07, 6.45) is 4.55. The highest BCUT2D eigenvalue weighted by molar-refractivity contribution is 7.99. The van der Waals surface area contributed by atoms with Crippen molar-refractivity contribution in [2.45, 2.75) is 5.16 Å². The SMILES string of the molecule is O=C(CSc1ncccn1)NNC(=O)c1ccco1. The molecule has 2 N–H and O–H groups in total. The van der Waals surface area contributed by atoms with Crippen LogP contribution in [0.15, 0.2) is 46.4 Å². The van der Waals surface area contributed by atoms with Crippen LogP contribution in [0.1, 0.15) is 10.6 Å². The molecule has 0 aliphatic carbocycles. The molecule has 7 nitrogen and oxygen atoms in total. The van der Waals surface area contributed by atoms with Crippen LogP contribution in [0.5, 0.6) is 0 Å². The molecule has 0 spiro atoms. The van der Waals surface area contributed by atoms with E-state index >= 15 is 0 Å². The number of carbonyl (C=O) groups excluding carboxylic acids is 2. The fraction of sp³-hybridized carbons (Fsp3) is 0.0909. The number of carbonyl (C=O) groups is 2. The van der Waals surface area contributed by atoms with Gasteiger partial charge in [0.25, 0.3) is 0 Å². The Kier molecular flexibility index (Phi) is 4.51.